The maximum atomic E-state index is 13.1. The van der Waals surface area contributed by atoms with Gasteiger partial charge >= 0.3 is 11.9 Å². The Bertz CT molecular complexity index is 989. The van der Waals surface area contributed by atoms with Gasteiger partial charge < -0.3 is 29.6 Å². The van der Waals surface area contributed by atoms with Crippen LogP contribution in [0.15, 0.2) is 42.5 Å². The van der Waals surface area contributed by atoms with Gasteiger partial charge in [0.2, 0.25) is 0 Å². The van der Waals surface area contributed by atoms with Crippen LogP contribution in [0.5, 0.6) is 11.5 Å². The van der Waals surface area contributed by atoms with Gasteiger partial charge in [0.1, 0.15) is 29.7 Å². The van der Waals surface area contributed by atoms with Crippen LogP contribution in [-0.2, 0) is 14.4 Å². The van der Waals surface area contributed by atoms with Crippen LogP contribution in [0, 0.1) is 5.82 Å². The van der Waals surface area contributed by atoms with Gasteiger partial charge in [-0.1, -0.05) is 99.8 Å². The first kappa shape index (κ1) is 53.3. The molecule has 0 unspecified atom stereocenters. The number of ketones is 1. The molecule has 0 saturated heterocycles. The highest BCUT2D eigenvalue weighted by Crippen LogP contribution is 2.21. The molecule has 0 saturated carbocycles. The summed E-state index contributed by atoms with van der Waals surface area (Å²) in [7, 11) is 0. The number of benzene rings is 2. The highest BCUT2D eigenvalue weighted by atomic mass is 19.1. The van der Waals surface area contributed by atoms with Gasteiger partial charge in [0.05, 0.1) is 18.8 Å². The Kier molecular flexibility index (Phi) is 49.6. The van der Waals surface area contributed by atoms with E-state index < -0.39 is 35.1 Å². The second kappa shape index (κ2) is 41.9. The van der Waals surface area contributed by atoms with Crippen LogP contribution in [0.25, 0.3) is 0 Å². The molecule has 0 spiro atoms. The average molecular weight is 645 g/mol. The monoisotopic (exact) mass is 644 g/mol. The molecule has 0 aliphatic heterocycles. The van der Waals surface area contributed by atoms with Crippen molar-refractivity contribution in [2.75, 3.05) is 13.2 Å². The Labute approximate surface area is 269 Å². The highest BCUT2D eigenvalue weighted by Gasteiger charge is 2.18. The summed E-state index contributed by atoms with van der Waals surface area (Å²) in [6.45, 7) is 24.0. The molecule has 0 amide bonds. The van der Waals surface area contributed by atoms with E-state index in [1.807, 2.05) is 55.3 Å². The first-order valence-corrected chi connectivity index (χ1v) is 15.1. The number of para-hydroxylation sites is 1. The van der Waals surface area contributed by atoms with Gasteiger partial charge in [-0.15, -0.1) is 0 Å². The number of hydrogen-bond donors (Lipinski definition) is 3. The predicted octanol–water partition coefficient (Wildman–Crippen LogP) is 8.85. The normalized spacial score (nSPS) is 8.00. The standard InChI is InChI=1S/C11H13FO3.C10H10O4.C4H10.C2H4O2.3C2H6.CH2O/c1-2-3-7-15-9-6-4-5-8(12)10(9)11(13)14;1-2-14-8-6-4-3-5-7(8)9(11)10(12)13;1-3-4-2;1-2(3)4;4*1-2/h4-6H,2-3,7H2,1H3,(H,13,14);3-6H,2H2,1H3,(H,12,13);3-4H2,1-2H3;1H3,(H,3,4);3*1-2H3;1H2. The Morgan fingerprint density at radius 1 is 0.711 bits per heavy atom. The number of carbonyl (C=O) groups excluding carboxylic acids is 2. The van der Waals surface area contributed by atoms with Crippen LogP contribution in [-0.4, -0.2) is 59.0 Å². The van der Waals surface area contributed by atoms with E-state index in [1.165, 1.54) is 31.0 Å². The summed E-state index contributed by atoms with van der Waals surface area (Å²) in [5, 5.41) is 24.7. The van der Waals surface area contributed by atoms with Crippen molar-refractivity contribution in [2.24, 2.45) is 0 Å². The number of carbonyl (C=O) groups is 5. The van der Waals surface area contributed by atoms with Crippen LogP contribution in [0.1, 0.15) is 123 Å². The number of aromatic carboxylic acids is 1. The fourth-order valence-corrected chi connectivity index (χ4v) is 2.21. The van der Waals surface area contributed by atoms with Crippen molar-refractivity contribution in [3.8, 4) is 11.5 Å². The molecule has 2 aromatic rings. The van der Waals surface area contributed by atoms with E-state index in [0.717, 1.165) is 25.8 Å². The van der Waals surface area contributed by atoms with E-state index in [0.29, 0.717) is 19.0 Å². The molecule has 0 heterocycles. The number of halogens is 1. The van der Waals surface area contributed by atoms with E-state index in [9.17, 15) is 18.8 Å². The Morgan fingerprint density at radius 2 is 1.16 bits per heavy atom. The molecule has 0 bridgehead atoms. The smallest absolute Gasteiger partial charge is 0.377 e. The van der Waals surface area contributed by atoms with Crippen molar-refractivity contribution in [3.63, 3.8) is 0 Å². The number of carboxylic acid groups (broad SMARTS) is 3. The molecule has 260 valence electrons. The minimum absolute atomic E-state index is 0.0850. The molecule has 0 radical (unpaired) electrons. The lowest BCUT2D eigenvalue weighted by Gasteiger charge is -2.08. The van der Waals surface area contributed by atoms with Crippen molar-refractivity contribution < 1.29 is 53.2 Å². The average Bonchev–Trinajstić information content (AvgIpc) is 3.05. The number of ether oxygens (including phenoxy) is 2. The zero-order valence-corrected chi connectivity index (χ0v) is 29.1. The predicted molar refractivity (Wildman–Crippen MR) is 178 cm³/mol. The minimum Gasteiger partial charge on any atom is -0.493 e. The molecular formula is C34H57FO10. The molecule has 2 rings (SSSR count). The second-order valence-electron chi connectivity index (χ2n) is 7.20. The van der Waals surface area contributed by atoms with E-state index in [4.69, 9.17) is 34.4 Å². The number of rotatable bonds is 10. The summed E-state index contributed by atoms with van der Waals surface area (Å²) >= 11 is 0. The summed E-state index contributed by atoms with van der Waals surface area (Å²) in [4.78, 5) is 49.4. The third-order valence-corrected chi connectivity index (χ3v) is 4.07. The lowest BCUT2D eigenvalue weighted by atomic mass is 10.1. The van der Waals surface area contributed by atoms with E-state index >= 15 is 0 Å². The van der Waals surface area contributed by atoms with Crippen LogP contribution < -0.4 is 9.47 Å². The van der Waals surface area contributed by atoms with Crippen molar-refractivity contribution in [1.82, 2.24) is 0 Å². The van der Waals surface area contributed by atoms with E-state index in [-0.39, 0.29) is 11.3 Å². The fourth-order valence-electron chi connectivity index (χ4n) is 2.21. The Balaban J connectivity index is -0.000000116. The molecule has 0 atom stereocenters. The van der Waals surface area contributed by atoms with Gasteiger partial charge in [-0.3, -0.25) is 9.59 Å². The highest BCUT2D eigenvalue weighted by molar-refractivity contribution is 6.40. The number of aliphatic carboxylic acids is 2. The van der Waals surface area contributed by atoms with Gasteiger partial charge in [-0.05, 0) is 37.6 Å². The maximum Gasteiger partial charge on any atom is 0.377 e. The molecular weight excluding hydrogens is 587 g/mol. The van der Waals surface area contributed by atoms with Gasteiger partial charge in [0, 0.05) is 6.92 Å². The third-order valence-electron chi connectivity index (χ3n) is 4.07. The van der Waals surface area contributed by atoms with Gasteiger partial charge in [-0.2, -0.15) is 0 Å². The van der Waals surface area contributed by atoms with Crippen LogP contribution in [0.4, 0.5) is 4.39 Å². The Morgan fingerprint density at radius 3 is 1.53 bits per heavy atom. The molecule has 0 aromatic heterocycles. The van der Waals surface area contributed by atoms with Crippen molar-refractivity contribution >= 4 is 30.5 Å². The largest absolute Gasteiger partial charge is 0.493 e. The fraction of sp³-hybridized carbons (Fsp3) is 0.500. The summed E-state index contributed by atoms with van der Waals surface area (Å²) < 4.78 is 23.5. The zero-order valence-electron chi connectivity index (χ0n) is 29.1. The van der Waals surface area contributed by atoms with E-state index in [1.54, 1.807) is 25.1 Å². The molecule has 0 aliphatic carbocycles. The van der Waals surface area contributed by atoms with Crippen LogP contribution in [0.2, 0.25) is 0 Å². The Hall–Kier alpha value is -4.28. The zero-order chi connectivity index (χ0) is 36.8. The molecule has 10 nitrogen and oxygen atoms in total. The van der Waals surface area contributed by atoms with Crippen molar-refractivity contribution in [1.29, 1.82) is 0 Å². The number of Topliss-reactive ketones (excluding diaryl/α,β-unsaturated/α-hetero) is 1. The molecule has 2 aromatic carbocycles. The molecule has 45 heavy (non-hydrogen) atoms. The molecule has 11 heteroatoms. The van der Waals surface area contributed by atoms with Gasteiger partial charge in [0.15, 0.2) is 0 Å². The molecule has 3 N–H and O–H groups in total. The summed E-state index contributed by atoms with van der Waals surface area (Å²) in [5.74, 6) is -4.93. The SMILES string of the molecule is C=O.CC.CC.CC.CC(=O)O.CCCC.CCCCOc1cccc(F)c1C(=O)O.CCOc1ccccc1C(=O)C(=O)O. The minimum atomic E-state index is -1.47. The quantitative estimate of drug-likeness (QED) is 0.129. The lowest BCUT2D eigenvalue weighted by molar-refractivity contribution is -0.134. The van der Waals surface area contributed by atoms with Crippen LogP contribution >= 0.6 is 0 Å². The number of unbranched alkanes of at least 4 members (excludes halogenated alkanes) is 2. The third kappa shape index (κ3) is 32.5. The number of carboxylic acids is 3. The van der Waals surface area contributed by atoms with Crippen LogP contribution in [0.3, 0.4) is 0 Å². The van der Waals surface area contributed by atoms with Gasteiger partial charge in [-0.25, -0.2) is 14.0 Å². The summed E-state index contributed by atoms with van der Waals surface area (Å²) in [5.41, 5.74) is -0.310. The topological polar surface area (TPSA) is 164 Å². The van der Waals surface area contributed by atoms with Crippen molar-refractivity contribution in [3.05, 3.63) is 59.4 Å². The number of hydrogen-bond acceptors (Lipinski definition) is 7. The van der Waals surface area contributed by atoms with Gasteiger partial charge in [0.25, 0.3) is 11.8 Å². The first-order chi connectivity index (χ1) is 21.5. The summed E-state index contributed by atoms with van der Waals surface area (Å²) in [6.07, 6.45) is 4.40. The lowest BCUT2D eigenvalue weighted by Crippen LogP contribution is -2.14. The second-order valence-corrected chi connectivity index (χ2v) is 7.20. The van der Waals surface area contributed by atoms with Crippen molar-refractivity contribution in [2.45, 2.75) is 102 Å². The first-order valence-electron chi connectivity index (χ1n) is 15.1. The maximum absolute atomic E-state index is 13.1. The molecule has 0 fully saturated rings. The summed E-state index contributed by atoms with van der Waals surface area (Å²) in [6, 6.07) is 10.3. The molecule has 0 aliphatic rings. The van der Waals surface area contributed by atoms with E-state index in [2.05, 4.69) is 13.8 Å².